The molecule has 1 aliphatic heterocycles. The summed E-state index contributed by atoms with van der Waals surface area (Å²) >= 11 is 3.42. The number of aromatic nitrogens is 1. The minimum atomic E-state index is 0.0312. The Kier molecular flexibility index (Phi) is 7.01. The van der Waals surface area contributed by atoms with Gasteiger partial charge in [0.15, 0.2) is 11.5 Å². The smallest absolute Gasteiger partial charge is 0.246 e. The number of hydrogen-bond donors (Lipinski definition) is 0. The molecule has 1 amide bonds. The number of thiazole rings is 1. The van der Waals surface area contributed by atoms with Gasteiger partial charge in [-0.05, 0) is 35.2 Å². The summed E-state index contributed by atoms with van der Waals surface area (Å²) in [5.74, 6) is 1.35. The highest BCUT2D eigenvalue weighted by Gasteiger charge is 2.20. The van der Waals surface area contributed by atoms with Gasteiger partial charge in [-0.1, -0.05) is 12.1 Å². The average Bonchev–Trinajstić information content (AvgIpc) is 3.50. The summed E-state index contributed by atoms with van der Waals surface area (Å²) in [4.78, 5) is 22.8. The molecule has 8 heteroatoms. The van der Waals surface area contributed by atoms with E-state index in [4.69, 9.17) is 14.5 Å². The number of piperazine rings is 1. The minimum absolute atomic E-state index is 0.0312. The maximum atomic E-state index is 12.6. The third kappa shape index (κ3) is 5.33. The van der Waals surface area contributed by atoms with E-state index >= 15 is 0 Å². The number of carbonyl (C=O) groups excluding carboxylic acids is 1. The van der Waals surface area contributed by atoms with Gasteiger partial charge in [0.2, 0.25) is 5.91 Å². The standard InChI is InChI=1S/C23H25N3O3S2/c1-28-19-7-5-17(14-20(19)29-2)6-8-23(27)26-11-9-25(10-12-26)15-22-24-18(16-31-22)21-4-3-13-30-21/h3-8,13-14,16H,9-12,15H2,1-2H3/b8-6-. The molecule has 6 nitrogen and oxygen atoms in total. The second-order valence-electron chi connectivity index (χ2n) is 7.15. The first-order chi connectivity index (χ1) is 15.2. The molecule has 1 aromatic carbocycles. The van der Waals surface area contributed by atoms with Gasteiger partial charge in [-0.15, -0.1) is 22.7 Å². The van der Waals surface area contributed by atoms with Crippen LogP contribution in [0.3, 0.4) is 0 Å². The highest BCUT2D eigenvalue weighted by molar-refractivity contribution is 7.14. The molecule has 0 spiro atoms. The van der Waals surface area contributed by atoms with E-state index in [1.807, 2.05) is 29.2 Å². The van der Waals surface area contributed by atoms with Crippen LogP contribution in [0.25, 0.3) is 16.6 Å². The van der Waals surface area contributed by atoms with Gasteiger partial charge in [0, 0.05) is 37.6 Å². The number of carbonyl (C=O) groups is 1. The molecule has 0 aliphatic carbocycles. The van der Waals surface area contributed by atoms with Gasteiger partial charge in [-0.25, -0.2) is 4.98 Å². The van der Waals surface area contributed by atoms with E-state index in [1.54, 1.807) is 43.0 Å². The summed E-state index contributed by atoms with van der Waals surface area (Å²) in [5.41, 5.74) is 1.96. The quantitative estimate of drug-likeness (QED) is 0.499. The third-order valence-electron chi connectivity index (χ3n) is 5.19. The number of thiophene rings is 1. The molecule has 3 aromatic rings. The molecule has 0 saturated carbocycles. The van der Waals surface area contributed by atoms with Gasteiger partial charge in [0.05, 0.1) is 31.3 Å². The number of hydrogen-bond acceptors (Lipinski definition) is 7. The summed E-state index contributed by atoms with van der Waals surface area (Å²) in [6, 6.07) is 9.75. The maximum Gasteiger partial charge on any atom is 0.246 e. The molecule has 4 rings (SSSR count). The molecule has 2 aromatic heterocycles. The summed E-state index contributed by atoms with van der Waals surface area (Å²) in [6.07, 6.45) is 3.45. The molecular formula is C23H25N3O3S2. The molecule has 0 unspecified atom stereocenters. The predicted molar refractivity (Wildman–Crippen MR) is 126 cm³/mol. The third-order valence-corrected chi connectivity index (χ3v) is 6.92. The number of benzene rings is 1. The largest absolute Gasteiger partial charge is 0.493 e. The molecule has 3 heterocycles. The first-order valence-corrected chi connectivity index (χ1v) is 11.8. The molecule has 1 aliphatic rings. The lowest BCUT2D eigenvalue weighted by atomic mass is 10.2. The highest BCUT2D eigenvalue weighted by atomic mass is 32.1. The van der Waals surface area contributed by atoms with Crippen molar-refractivity contribution in [3.63, 3.8) is 0 Å². The zero-order valence-electron chi connectivity index (χ0n) is 17.6. The lowest BCUT2D eigenvalue weighted by Gasteiger charge is -2.33. The van der Waals surface area contributed by atoms with E-state index in [-0.39, 0.29) is 5.91 Å². The fourth-order valence-corrected chi connectivity index (χ4v) is 5.06. The number of ether oxygens (including phenoxy) is 2. The SMILES string of the molecule is COc1ccc(/C=C\C(=O)N2CCN(Cc3nc(-c4cccs4)cs3)CC2)cc1OC. The van der Waals surface area contributed by atoms with Gasteiger partial charge < -0.3 is 14.4 Å². The molecule has 31 heavy (non-hydrogen) atoms. The van der Waals surface area contributed by atoms with Crippen LogP contribution in [0, 0.1) is 0 Å². The van der Waals surface area contributed by atoms with Crippen LogP contribution < -0.4 is 9.47 Å². The van der Waals surface area contributed by atoms with Crippen molar-refractivity contribution in [3.05, 3.63) is 57.7 Å². The number of rotatable bonds is 7. The van der Waals surface area contributed by atoms with Crippen LogP contribution in [-0.2, 0) is 11.3 Å². The van der Waals surface area contributed by atoms with Crippen LogP contribution in [0.5, 0.6) is 11.5 Å². The van der Waals surface area contributed by atoms with Crippen molar-refractivity contribution in [2.75, 3.05) is 40.4 Å². The van der Waals surface area contributed by atoms with Crippen LogP contribution in [0.15, 0.2) is 47.2 Å². The molecule has 0 radical (unpaired) electrons. The van der Waals surface area contributed by atoms with Crippen LogP contribution in [0.1, 0.15) is 10.6 Å². The molecule has 0 bridgehead atoms. The normalized spacial score (nSPS) is 14.8. The first kappa shape index (κ1) is 21.5. The maximum absolute atomic E-state index is 12.6. The summed E-state index contributed by atoms with van der Waals surface area (Å²) in [5, 5.41) is 5.32. The Bertz CT molecular complexity index is 1040. The van der Waals surface area contributed by atoms with Gasteiger partial charge in [0.1, 0.15) is 5.01 Å². The van der Waals surface area contributed by atoms with Gasteiger partial charge in [-0.2, -0.15) is 0 Å². The monoisotopic (exact) mass is 455 g/mol. The van der Waals surface area contributed by atoms with Gasteiger partial charge in [0.25, 0.3) is 0 Å². The predicted octanol–water partition coefficient (Wildman–Crippen LogP) is 4.25. The van der Waals surface area contributed by atoms with Crippen molar-refractivity contribution in [2.24, 2.45) is 0 Å². The summed E-state index contributed by atoms with van der Waals surface area (Å²) in [7, 11) is 3.21. The number of methoxy groups -OCH3 is 2. The minimum Gasteiger partial charge on any atom is -0.493 e. The Morgan fingerprint density at radius 1 is 1.10 bits per heavy atom. The topological polar surface area (TPSA) is 54.9 Å². The van der Waals surface area contributed by atoms with Crippen molar-refractivity contribution in [1.29, 1.82) is 0 Å². The Balaban J connectivity index is 1.28. The Morgan fingerprint density at radius 3 is 2.61 bits per heavy atom. The van der Waals surface area contributed by atoms with E-state index in [1.165, 1.54) is 4.88 Å². The number of nitrogens with zero attached hydrogens (tertiary/aromatic N) is 3. The van der Waals surface area contributed by atoms with Gasteiger partial charge in [-0.3, -0.25) is 9.69 Å². The Labute approximate surface area is 190 Å². The van der Waals surface area contributed by atoms with Crippen LogP contribution in [-0.4, -0.2) is 61.1 Å². The zero-order chi connectivity index (χ0) is 21.6. The van der Waals surface area contributed by atoms with Crippen molar-refractivity contribution in [2.45, 2.75) is 6.54 Å². The Morgan fingerprint density at radius 2 is 1.90 bits per heavy atom. The van der Waals surface area contributed by atoms with Crippen LogP contribution in [0.4, 0.5) is 0 Å². The Hall–Kier alpha value is -2.68. The summed E-state index contributed by atoms with van der Waals surface area (Å²) < 4.78 is 10.6. The van der Waals surface area contributed by atoms with Crippen molar-refractivity contribution in [3.8, 4) is 22.1 Å². The zero-order valence-corrected chi connectivity index (χ0v) is 19.2. The second-order valence-corrected chi connectivity index (χ2v) is 9.04. The average molecular weight is 456 g/mol. The van der Waals surface area contributed by atoms with E-state index in [0.29, 0.717) is 11.5 Å². The number of amides is 1. The molecular weight excluding hydrogens is 430 g/mol. The van der Waals surface area contributed by atoms with Crippen molar-refractivity contribution in [1.82, 2.24) is 14.8 Å². The van der Waals surface area contributed by atoms with E-state index in [0.717, 1.165) is 49.0 Å². The van der Waals surface area contributed by atoms with Crippen LogP contribution >= 0.6 is 22.7 Å². The highest BCUT2D eigenvalue weighted by Crippen LogP contribution is 2.28. The van der Waals surface area contributed by atoms with Crippen LogP contribution in [0.2, 0.25) is 0 Å². The van der Waals surface area contributed by atoms with E-state index < -0.39 is 0 Å². The van der Waals surface area contributed by atoms with Crippen molar-refractivity contribution < 1.29 is 14.3 Å². The molecule has 162 valence electrons. The van der Waals surface area contributed by atoms with E-state index in [2.05, 4.69) is 27.8 Å². The lowest BCUT2D eigenvalue weighted by Crippen LogP contribution is -2.47. The lowest BCUT2D eigenvalue weighted by molar-refractivity contribution is -0.127. The van der Waals surface area contributed by atoms with Gasteiger partial charge >= 0.3 is 0 Å². The molecule has 0 atom stereocenters. The second kappa shape index (κ2) is 10.1. The van der Waals surface area contributed by atoms with Crippen molar-refractivity contribution >= 4 is 34.7 Å². The van der Waals surface area contributed by atoms with E-state index in [9.17, 15) is 4.79 Å². The first-order valence-electron chi connectivity index (χ1n) is 10.1. The molecule has 0 N–H and O–H groups in total. The fraction of sp³-hybridized carbons (Fsp3) is 0.304. The molecule has 1 fully saturated rings. The summed E-state index contributed by atoms with van der Waals surface area (Å²) in [6.45, 7) is 3.98. The fourth-order valence-electron chi connectivity index (χ4n) is 3.47. The molecule has 1 saturated heterocycles.